The van der Waals surface area contributed by atoms with Crippen LogP contribution in [0.2, 0.25) is 0 Å². The Morgan fingerprint density at radius 2 is 1.56 bits per heavy atom. The summed E-state index contributed by atoms with van der Waals surface area (Å²) in [6.07, 6.45) is -1.06. The van der Waals surface area contributed by atoms with Crippen molar-refractivity contribution < 1.29 is 22.1 Å². The summed E-state index contributed by atoms with van der Waals surface area (Å²) in [6, 6.07) is 0. The van der Waals surface area contributed by atoms with Crippen LogP contribution in [0.3, 0.4) is 0 Å². The summed E-state index contributed by atoms with van der Waals surface area (Å²) >= 11 is 0. The lowest BCUT2D eigenvalue weighted by Crippen LogP contribution is -2.52. The van der Waals surface area contributed by atoms with Gasteiger partial charge >= 0.3 is 10.2 Å². The van der Waals surface area contributed by atoms with Gasteiger partial charge in [0.05, 0.1) is 19.6 Å². The second-order valence-corrected chi connectivity index (χ2v) is 6.88. The molecule has 0 aromatic heterocycles. The summed E-state index contributed by atoms with van der Waals surface area (Å²) in [5.74, 6) is 0. The molecule has 0 radical (unpaired) electrons. The molecule has 0 aliphatic rings. The second kappa shape index (κ2) is 5.88. The molecule has 108 valence electrons. The Morgan fingerprint density at radius 3 is 1.83 bits per heavy atom. The molecule has 0 aliphatic carbocycles. The van der Waals surface area contributed by atoms with Gasteiger partial charge in [-0.3, -0.25) is 0 Å². The van der Waals surface area contributed by atoms with E-state index in [-0.39, 0.29) is 3.89 Å². The van der Waals surface area contributed by atoms with E-state index in [4.69, 9.17) is 4.74 Å². The highest BCUT2D eigenvalue weighted by Crippen LogP contribution is 2.17. The third-order valence-electron chi connectivity index (χ3n) is 2.80. The van der Waals surface area contributed by atoms with E-state index in [1.807, 2.05) is 0 Å². The number of hydrogen-bond donors (Lipinski definition) is 0. The van der Waals surface area contributed by atoms with E-state index in [1.54, 1.807) is 41.5 Å². The SMILES string of the molecule is CC[N+](CC)(CC)S(=O)(=O)/N=C(\[O-])OC(C)(C)C. The summed E-state index contributed by atoms with van der Waals surface area (Å²) in [7, 11) is -3.92. The van der Waals surface area contributed by atoms with E-state index in [0.717, 1.165) is 0 Å². The lowest BCUT2D eigenvalue weighted by Gasteiger charge is -2.33. The molecular formula is C11H24N2O4S. The van der Waals surface area contributed by atoms with E-state index in [0.29, 0.717) is 19.6 Å². The minimum Gasteiger partial charge on any atom is -0.594 e. The highest BCUT2D eigenvalue weighted by atomic mass is 32.2. The number of rotatable bonds is 5. The van der Waals surface area contributed by atoms with Gasteiger partial charge < -0.3 is 9.84 Å². The molecule has 0 heterocycles. The average Bonchev–Trinajstić information content (AvgIpc) is 2.16. The Kier molecular flexibility index (Phi) is 5.61. The number of ether oxygens (including phenoxy) is 1. The zero-order valence-electron chi connectivity index (χ0n) is 12.1. The van der Waals surface area contributed by atoms with Gasteiger partial charge in [-0.15, -0.1) is 8.42 Å². The molecule has 0 fully saturated rings. The maximum atomic E-state index is 12.1. The minimum atomic E-state index is -3.92. The average molecular weight is 280 g/mol. The van der Waals surface area contributed by atoms with E-state index in [1.165, 1.54) is 0 Å². The Balaban J connectivity index is 5.34. The van der Waals surface area contributed by atoms with Gasteiger partial charge in [0.2, 0.25) is 0 Å². The molecule has 0 amide bonds. The van der Waals surface area contributed by atoms with Crippen molar-refractivity contribution in [2.75, 3.05) is 19.6 Å². The van der Waals surface area contributed by atoms with Crippen molar-refractivity contribution in [1.82, 2.24) is 0 Å². The van der Waals surface area contributed by atoms with E-state index in [2.05, 4.69) is 4.40 Å². The van der Waals surface area contributed by atoms with Crippen molar-refractivity contribution in [2.45, 2.75) is 47.1 Å². The van der Waals surface area contributed by atoms with Gasteiger partial charge in [0.25, 0.3) is 0 Å². The van der Waals surface area contributed by atoms with Gasteiger partial charge in [-0.1, -0.05) is 25.2 Å². The first-order valence-electron chi connectivity index (χ1n) is 6.10. The molecule has 0 aromatic carbocycles. The predicted octanol–water partition coefficient (Wildman–Crippen LogP) is 0.639. The fourth-order valence-electron chi connectivity index (χ4n) is 1.62. The molecule has 0 bridgehead atoms. The van der Waals surface area contributed by atoms with Crippen molar-refractivity contribution in [3.05, 3.63) is 0 Å². The molecule has 0 aliphatic heterocycles. The topological polar surface area (TPSA) is 78.8 Å². The highest BCUT2D eigenvalue weighted by molar-refractivity contribution is 7.84. The Hall–Kier alpha value is -0.820. The molecule has 0 aromatic rings. The van der Waals surface area contributed by atoms with Crippen LogP contribution < -0.4 is 5.11 Å². The zero-order valence-corrected chi connectivity index (χ0v) is 12.9. The molecule has 0 rings (SSSR count). The third-order valence-corrected chi connectivity index (χ3v) is 4.94. The van der Waals surface area contributed by atoms with Crippen molar-refractivity contribution >= 4 is 16.3 Å². The molecule has 0 spiro atoms. The van der Waals surface area contributed by atoms with Crippen molar-refractivity contribution in [3.63, 3.8) is 0 Å². The van der Waals surface area contributed by atoms with Crippen LogP contribution in [0.1, 0.15) is 41.5 Å². The van der Waals surface area contributed by atoms with Gasteiger partial charge in [0, 0.05) is 5.60 Å². The summed E-state index contributed by atoms with van der Waals surface area (Å²) in [5, 5.41) is 11.5. The van der Waals surface area contributed by atoms with E-state index >= 15 is 0 Å². The van der Waals surface area contributed by atoms with E-state index in [9.17, 15) is 13.5 Å². The van der Waals surface area contributed by atoms with Crippen LogP contribution in [0.5, 0.6) is 0 Å². The number of nitrogens with zero attached hydrogens (tertiary/aromatic N) is 2. The fourth-order valence-corrected chi connectivity index (χ4v) is 3.00. The molecule has 0 unspecified atom stereocenters. The highest BCUT2D eigenvalue weighted by Gasteiger charge is 2.37. The largest absolute Gasteiger partial charge is 0.594 e. The summed E-state index contributed by atoms with van der Waals surface area (Å²) in [6.45, 7) is 11.3. The first-order chi connectivity index (χ1) is 8.03. The molecule has 6 nitrogen and oxygen atoms in total. The first kappa shape index (κ1) is 17.2. The quantitative estimate of drug-likeness (QED) is 0.420. The molecule has 7 heteroatoms. The zero-order chi connectivity index (χ0) is 14.6. The molecule has 0 saturated carbocycles. The molecule has 0 N–H and O–H groups in total. The standard InChI is InChI=1S/C11H24N2O4S/c1-7-13(8-2,9-3)18(15,16)12-10(14)17-11(4,5)6/h7-9H2,1-6H3. The van der Waals surface area contributed by atoms with Gasteiger partial charge in [0.15, 0.2) is 6.08 Å². The lowest BCUT2D eigenvalue weighted by atomic mass is 10.2. The minimum absolute atomic E-state index is 0.244. The second-order valence-electron chi connectivity index (χ2n) is 5.03. The maximum Gasteiger partial charge on any atom is 0.416 e. The fraction of sp³-hybridized carbons (Fsp3) is 0.909. The van der Waals surface area contributed by atoms with Crippen molar-refractivity contribution in [3.8, 4) is 0 Å². The van der Waals surface area contributed by atoms with Crippen LogP contribution in [0, 0.1) is 0 Å². The van der Waals surface area contributed by atoms with Crippen LogP contribution in [0.15, 0.2) is 4.40 Å². The first-order valence-corrected chi connectivity index (χ1v) is 7.50. The van der Waals surface area contributed by atoms with Crippen LogP contribution in [-0.2, 0) is 14.9 Å². The van der Waals surface area contributed by atoms with Gasteiger partial charge in [-0.25, -0.2) is 0 Å². The molecule has 0 saturated heterocycles. The predicted molar refractivity (Wildman–Crippen MR) is 69.1 cm³/mol. The van der Waals surface area contributed by atoms with Crippen LogP contribution in [0.4, 0.5) is 0 Å². The smallest absolute Gasteiger partial charge is 0.416 e. The lowest BCUT2D eigenvalue weighted by molar-refractivity contribution is -0.800. The van der Waals surface area contributed by atoms with Crippen LogP contribution in [-0.4, -0.2) is 43.6 Å². The molecular weight excluding hydrogens is 256 g/mol. The molecule has 0 atom stereocenters. The number of hydrogen-bond acceptors (Lipinski definition) is 4. The van der Waals surface area contributed by atoms with Gasteiger partial charge in [-0.05, 0) is 20.8 Å². The van der Waals surface area contributed by atoms with Crippen molar-refractivity contribution in [1.29, 1.82) is 0 Å². The van der Waals surface area contributed by atoms with Crippen molar-refractivity contribution in [2.24, 2.45) is 4.40 Å². The summed E-state index contributed by atoms with van der Waals surface area (Å²) < 4.78 is 32.2. The Bertz CT molecular complexity index is 383. The third kappa shape index (κ3) is 4.13. The molecule has 18 heavy (non-hydrogen) atoms. The van der Waals surface area contributed by atoms with Gasteiger partial charge in [0.1, 0.15) is 0 Å². The summed E-state index contributed by atoms with van der Waals surface area (Å²) in [4.78, 5) is 0. The number of quaternary nitrogens is 1. The summed E-state index contributed by atoms with van der Waals surface area (Å²) in [5.41, 5.74) is -0.754. The monoisotopic (exact) mass is 280 g/mol. The Morgan fingerprint density at radius 1 is 1.17 bits per heavy atom. The van der Waals surface area contributed by atoms with Gasteiger partial charge in [-0.2, -0.15) is 3.89 Å². The maximum absolute atomic E-state index is 12.1. The van der Waals surface area contributed by atoms with E-state index < -0.39 is 21.9 Å². The van der Waals surface area contributed by atoms with Crippen LogP contribution in [0.25, 0.3) is 0 Å². The van der Waals surface area contributed by atoms with Crippen LogP contribution >= 0.6 is 0 Å². The Labute approximate surface area is 110 Å². The normalized spacial score (nSPS) is 14.7.